The predicted octanol–water partition coefficient (Wildman–Crippen LogP) is 4.28. The van der Waals surface area contributed by atoms with Gasteiger partial charge in [-0.05, 0) is 37.0 Å². The largest absolute Gasteiger partial charge is 0.353 e. The fourth-order valence-electron chi connectivity index (χ4n) is 3.67. The molecular formula is C22H22ClN3O. The van der Waals surface area contributed by atoms with Crippen molar-refractivity contribution in [2.75, 3.05) is 6.54 Å². The molecule has 1 aromatic heterocycles. The van der Waals surface area contributed by atoms with Crippen LogP contribution in [0.15, 0.2) is 67.0 Å². The number of carbonyl (C=O) groups excluding carboxylic acids is 1. The molecule has 4 rings (SSSR count). The molecule has 5 heteroatoms. The Labute approximate surface area is 164 Å². The number of benzene rings is 2. The van der Waals surface area contributed by atoms with Crippen molar-refractivity contribution in [2.45, 2.75) is 31.2 Å². The number of rotatable bonds is 6. The summed E-state index contributed by atoms with van der Waals surface area (Å²) >= 11 is 6.40. The highest BCUT2D eigenvalue weighted by molar-refractivity contribution is 6.31. The Hall–Kier alpha value is -2.59. The topological polar surface area (TPSA) is 46.9 Å². The molecule has 27 heavy (non-hydrogen) atoms. The fraction of sp³-hybridized carbons (Fsp3) is 0.273. The standard InChI is InChI=1S/C22H22ClN3O/c1-16-24-13-14-26(16)20(17-7-3-2-4-8-17)21(27)25-15-22(11-12-22)18-9-5-6-10-19(18)23/h2-10,13-14,20H,11-12,15H2,1H3,(H,25,27)/t20-/m1/s1. The molecule has 138 valence electrons. The van der Waals surface area contributed by atoms with E-state index in [0.717, 1.165) is 34.8 Å². The number of aryl methyl sites for hydroxylation is 1. The van der Waals surface area contributed by atoms with E-state index in [0.29, 0.717) is 6.54 Å². The average Bonchev–Trinajstić information content (AvgIpc) is 3.37. The van der Waals surface area contributed by atoms with Gasteiger partial charge in [0, 0.05) is 29.4 Å². The monoisotopic (exact) mass is 379 g/mol. The fourth-order valence-corrected chi connectivity index (χ4v) is 4.01. The van der Waals surface area contributed by atoms with E-state index in [9.17, 15) is 4.79 Å². The highest BCUT2D eigenvalue weighted by Gasteiger charge is 2.45. The molecule has 1 aliphatic carbocycles. The molecule has 0 bridgehead atoms. The Morgan fingerprint density at radius 1 is 1.19 bits per heavy atom. The van der Waals surface area contributed by atoms with E-state index in [2.05, 4.69) is 16.4 Å². The van der Waals surface area contributed by atoms with Gasteiger partial charge in [0.2, 0.25) is 5.91 Å². The lowest BCUT2D eigenvalue weighted by molar-refractivity contribution is -0.123. The van der Waals surface area contributed by atoms with Crippen LogP contribution < -0.4 is 5.32 Å². The summed E-state index contributed by atoms with van der Waals surface area (Å²) < 4.78 is 1.92. The summed E-state index contributed by atoms with van der Waals surface area (Å²) in [5, 5.41) is 3.95. The van der Waals surface area contributed by atoms with Crippen LogP contribution in [0.3, 0.4) is 0 Å². The molecule has 0 aliphatic heterocycles. The highest BCUT2D eigenvalue weighted by atomic mass is 35.5. The van der Waals surface area contributed by atoms with E-state index in [1.54, 1.807) is 6.20 Å². The molecule has 1 fully saturated rings. The van der Waals surface area contributed by atoms with Crippen molar-refractivity contribution < 1.29 is 4.79 Å². The minimum atomic E-state index is -0.434. The Kier molecular flexibility index (Phi) is 4.75. The number of nitrogens with zero attached hydrogens (tertiary/aromatic N) is 2. The van der Waals surface area contributed by atoms with Crippen molar-refractivity contribution in [2.24, 2.45) is 0 Å². The zero-order chi connectivity index (χ0) is 18.9. The second-order valence-corrected chi connectivity index (χ2v) is 7.58. The lowest BCUT2D eigenvalue weighted by Gasteiger charge is -2.23. The molecule has 1 heterocycles. The summed E-state index contributed by atoms with van der Waals surface area (Å²) in [5.74, 6) is 0.784. The maximum atomic E-state index is 13.2. The van der Waals surface area contributed by atoms with Gasteiger partial charge in [-0.15, -0.1) is 0 Å². The highest BCUT2D eigenvalue weighted by Crippen LogP contribution is 2.49. The summed E-state index contributed by atoms with van der Waals surface area (Å²) in [6.07, 6.45) is 5.66. The lowest BCUT2D eigenvalue weighted by Crippen LogP contribution is -2.38. The second kappa shape index (κ2) is 7.20. The quantitative estimate of drug-likeness (QED) is 0.694. The van der Waals surface area contributed by atoms with E-state index in [4.69, 9.17) is 11.6 Å². The van der Waals surface area contributed by atoms with Crippen molar-refractivity contribution in [1.29, 1.82) is 0 Å². The summed E-state index contributed by atoms with van der Waals surface area (Å²) in [7, 11) is 0. The van der Waals surface area contributed by atoms with Crippen LogP contribution in [-0.2, 0) is 10.2 Å². The summed E-state index contributed by atoms with van der Waals surface area (Å²) in [5.41, 5.74) is 2.03. The van der Waals surface area contributed by atoms with E-state index < -0.39 is 6.04 Å². The third-order valence-corrected chi connectivity index (χ3v) is 5.73. The number of aromatic nitrogens is 2. The van der Waals surface area contributed by atoms with E-state index in [1.165, 1.54) is 0 Å². The molecule has 1 N–H and O–H groups in total. The van der Waals surface area contributed by atoms with Gasteiger partial charge in [-0.3, -0.25) is 4.79 Å². The van der Waals surface area contributed by atoms with Crippen LogP contribution >= 0.6 is 11.6 Å². The van der Waals surface area contributed by atoms with Gasteiger partial charge in [0.1, 0.15) is 11.9 Å². The van der Waals surface area contributed by atoms with Crippen molar-refractivity contribution >= 4 is 17.5 Å². The summed E-state index contributed by atoms with van der Waals surface area (Å²) in [6, 6.07) is 17.3. The molecule has 0 saturated heterocycles. The van der Waals surface area contributed by atoms with Crippen LogP contribution in [0.25, 0.3) is 0 Å². The Bertz CT molecular complexity index is 947. The molecule has 0 unspecified atom stereocenters. The first-order valence-corrected chi connectivity index (χ1v) is 9.56. The zero-order valence-electron chi connectivity index (χ0n) is 15.2. The van der Waals surface area contributed by atoms with Crippen LogP contribution in [0.1, 0.15) is 35.8 Å². The number of carbonyl (C=O) groups is 1. The molecule has 2 aromatic carbocycles. The molecule has 1 atom stereocenters. The number of halogens is 1. The molecule has 1 saturated carbocycles. The number of imidazole rings is 1. The maximum absolute atomic E-state index is 13.2. The van der Waals surface area contributed by atoms with Crippen LogP contribution in [-0.4, -0.2) is 22.0 Å². The smallest absolute Gasteiger partial charge is 0.247 e. The van der Waals surface area contributed by atoms with E-state index in [-0.39, 0.29) is 11.3 Å². The van der Waals surface area contributed by atoms with Crippen LogP contribution in [0.5, 0.6) is 0 Å². The number of amides is 1. The van der Waals surface area contributed by atoms with Crippen molar-refractivity contribution in [3.8, 4) is 0 Å². The molecule has 1 amide bonds. The molecule has 1 aliphatic rings. The van der Waals surface area contributed by atoms with Gasteiger partial charge in [0.25, 0.3) is 0 Å². The zero-order valence-corrected chi connectivity index (χ0v) is 16.0. The van der Waals surface area contributed by atoms with Crippen LogP contribution in [0.4, 0.5) is 0 Å². The van der Waals surface area contributed by atoms with Gasteiger partial charge < -0.3 is 9.88 Å². The summed E-state index contributed by atoms with van der Waals surface area (Å²) in [4.78, 5) is 17.5. The van der Waals surface area contributed by atoms with E-state index >= 15 is 0 Å². The SMILES string of the molecule is Cc1nccn1[C@@H](C(=O)NCC1(c2ccccc2Cl)CC1)c1ccccc1. The van der Waals surface area contributed by atoms with Crippen molar-refractivity contribution in [3.63, 3.8) is 0 Å². The van der Waals surface area contributed by atoms with Crippen LogP contribution in [0.2, 0.25) is 5.02 Å². The molecule has 0 spiro atoms. The van der Waals surface area contributed by atoms with Crippen LogP contribution in [0, 0.1) is 6.92 Å². The van der Waals surface area contributed by atoms with Crippen molar-refractivity contribution in [3.05, 3.63) is 89.0 Å². The predicted molar refractivity (Wildman–Crippen MR) is 107 cm³/mol. The molecule has 4 nitrogen and oxygen atoms in total. The first-order valence-electron chi connectivity index (χ1n) is 9.18. The Morgan fingerprint density at radius 3 is 2.52 bits per heavy atom. The Balaban J connectivity index is 1.57. The second-order valence-electron chi connectivity index (χ2n) is 7.17. The van der Waals surface area contributed by atoms with Gasteiger partial charge in [0.05, 0.1) is 0 Å². The number of nitrogens with one attached hydrogen (secondary N) is 1. The first-order chi connectivity index (χ1) is 13.1. The maximum Gasteiger partial charge on any atom is 0.247 e. The Morgan fingerprint density at radius 2 is 1.89 bits per heavy atom. The average molecular weight is 380 g/mol. The minimum absolute atomic E-state index is 0.0272. The number of hydrogen-bond donors (Lipinski definition) is 1. The first kappa shape index (κ1) is 17.8. The molecule has 0 radical (unpaired) electrons. The van der Waals surface area contributed by atoms with Gasteiger partial charge >= 0.3 is 0 Å². The van der Waals surface area contributed by atoms with Gasteiger partial charge in [-0.2, -0.15) is 0 Å². The molecular weight excluding hydrogens is 358 g/mol. The number of hydrogen-bond acceptors (Lipinski definition) is 2. The van der Waals surface area contributed by atoms with Gasteiger partial charge in [0.15, 0.2) is 0 Å². The van der Waals surface area contributed by atoms with Crippen molar-refractivity contribution in [1.82, 2.24) is 14.9 Å². The third kappa shape index (κ3) is 3.50. The van der Waals surface area contributed by atoms with Gasteiger partial charge in [-0.1, -0.05) is 60.1 Å². The summed E-state index contributed by atoms with van der Waals surface area (Å²) in [6.45, 7) is 2.50. The normalized spacial score (nSPS) is 15.9. The lowest BCUT2D eigenvalue weighted by atomic mass is 9.95. The minimum Gasteiger partial charge on any atom is -0.353 e. The van der Waals surface area contributed by atoms with Gasteiger partial charge in [-0.25, -0.2) is 4.98 Å². The van der Waals surface area contributed by atoms with E-state index in [1.807, 2.05) is 66.2 Å². The third-order valence-electron chi connectivity index (χ3n) is 5.40. The molecule has 3 aromatic rings.